The van der Waals surface area contributed by atoms with Crippen LogP contribution in [0.25, 0.3) is 16.2 Å². The Balaban J connectivity index is 1.74. The second-order valence-electron chi connectivity index (χ2n) is 7.49. The highest BCUT2D eigenvalue weighted by molar-refractivity contribution is 7.95. The fourth-order valence-corrected chi connectivity index (χ4v) is 5.07. The Hall–Kier alpha value is -3.84. The summed E-state index contributed by atoms with van der Waals surface area (Å²) in [5.74, 6) is 2.03. The topological polar surface area (TPSA) is 71.1 Å². The number of methoxy groups -OCH3 is 3. The fourth-order valence-electron chi connectivity index (χ4n) is 3.59. The van der Waals surface area contributed by atoms with E-state index < -0.39 is 16.8 Å². The SMILES string of the molecule is COC(=O)C=C(C)c1ccc(OC2=C(c3ccc(OC)cc3)S(=O)c3cc(OC)ccc32)cc1. The van der Waals surface area contributed by atoms with Gasteiger partial charge in [0.25, 0.3) is 0 Å². The van der Waals surface area contributed by atoms with E-state index in [1.807, 2.05) is 67.6 Å². The van der Waals surface area contributed by atoms with Gasteiger partial charge in [0.15, 0.2) is 5.76 Å². The van der Waals surface area contributed by atoms with Crippen LogP contribution in [0.5, 0.6) is 17.2 Å². The van der Waals surface area contributed by atoms with E-state index in [1.165, 1.54) is 13.2 Å². The van der Waals surface area contributed by atoms with Crippen molar-refractivity contribution in [1.29, 1.82) is 0 Å². The molecule has 0 aromatic heterocycles. The van der Waals surface area contributed by atoms with Crippen LogP contribution in [0.1, 0.15) is 23.6 Å². The molecule has 0 bridgehead atoms. The zero-order valence-corrected chi connectivity index (χ0v) is 20.1. The average Bonchev–Trinajstić information content (AvgIpc) is 3.14. The van der Waals surface area contributed by atoms with E-state index in [0.717, 1.165) is 22.3 Å². The third-order valence-corrected chi connectivity index (χ3v) is 6.97. The Morgan fingerprint density at radius 2 is 1.44 bits per heavy atom. The van der Waals surface area contributed by atoms with E-state index in [9.17, 15) is 9.00 Å². The lowest BCUT2D eigenvalue weighted by Gasteiger charge is -2.12. The zero-order valence-electron chi connectivity index (χ0n) is 19.3. The predicted molar refractivity (Wildman–Crippen MR) is 132 cm³/mol. The van der Waals surface area contributed by atoms with Crippen LogP contribution in [-0.2, 0) is 20.3 Å². The van der Waals surface area contributed by atoms with E-state index in [-0.39, 0.29) is 0 Å². The van der Waals surface area contributed by atoms with Crippen LogP contribution in [0.4, 0.5) is 0 Å². The maximum atomic E-state index is 13.5. The molecular formula is C27H24O6S. The van der Waals surface area contributed by atoms with Crippen molar-refractivity contribution in [3.8, 4) is 17.2 Å². The quantitative estimate of drug-likeness (QED) is 0.340. The average molecular weight is 477 g/mol. The summed E-state index contributed by atoms with van der Waals surface area (Å²) in [7, 11) is 3.06. The van der Waals surface area contributed by atoms with Gasteiger partial charge in [-0.25, -0.2) is 9.00 Å². The van der Waals surface area contributed by atoms with Gasteiger partial charge in [-0.3, -0.25) is 0 Å². The van der Waals surface area contributed by atoms with Gasteiger partial charge in [-0.2, -0.15) is 0 Å². The number of carbonyl (C=O) groups is 1. The summed E-state index contributed by atoms with van der Waals surface area (Å²) in [5.41, 5.74) is 3.16. The number of benzene rings is 3. The lowest BCUT2D eigenvalue weighted by Crippen LogP contribution is -1.98. The van der Waals surface area contributed by atoms with Gasteiger partial charge in [0.05, 0.1) is 41.9 Å². The number of hydrogen-bond acceptors (Lipinski definition) is 6. The van der Waals surface area contributed by atoms with Gasteiger partial charge in [0.2, 0.25) is 0 Å². The second kappa shape index (κ2) is 9.97. The normalized spacial score (nSPS) is 15.1. The summed E-state index contributed by atoms with van der Waals surface area (Å²) >= 11 is 0. The Kier molecular flexibility index (Phi) is 6.84. The third-order valence-electron chi connectivity index (χ3n) is 5.44. The standard InChI is InChI=1S/C27H24O6S/c1-17(15-25(28)32-4)18-5-11-21(12-6-18)33-26-23-14-13-22(31-3)16-24(23)34(29)27(26)19-7-9-20(30-2)10-8-19/h5-16H,1-4H3. The molecule has 1 unspecified atom stereocenters. The molecule has 6 nitrogen and oxygen atoms in total. The van der Waals surface area contributed by atoms with Gasteiger partial charge in [-0.15, -0.1) is 0 Å². The number of allylic oxidation sites excluding steroid dienone is 1. The number of rotatable bonds is 7. The van der Waals surface area contributed by atoms with Gasteiger partial charge < -0.3 is 18.9 Å². The Morgan fingerprint density at radius 3 is 2.06 bits per heavy atom. The first-order valence-corrected chi connectivity index (χ1v) is 11.6. The van der Waals surface area contributed by atoms with Crippen molar-refractivity contribution < 1.29 is 28.0 Å². The summed E-state index contributed by atoms with van der Waals surface area (Å²) in [6.45, 7) is 1.83. The molecule has 4 rings (SSSR count). The molecular weight excluding hydrogens is 452 g/mol. The molecule has 0 radical (unpaired) electrons. The Labute approximate surface area is 200 Å². The van der Waals surface area contributed by atoms with Crippen LogP contribution >= 0.6 is 0 Å². The molecule has 0 amide bonds. The summed E-state index contributed by atoms with van der Waals surface area (Å²) in [4.78, 5) is 12.7. The second-order valence-corrected chi connectivity index (χ2v) is 8.88. The molecule has 7 heteroatoms. The van der Waals surface area contributed by atoms with Gasteiger partial charge >= 0.3 is 5.97 Å². The highest BCUT2D eigenvalue weighted by atomic mass is 32.2. The maximum Gasteiger partial charge on any atom is 0.330 e. The minimum atomic E-state index is -1.46. The third kappa shape index (κ3) is 4.61. The largest absolute Gasteiger partial charge is 0.497 e. The van der Waals surface area contributed by atoms with Crippen LogP contribution in [-0.4, -0.2) is 31.5 Å². The zero-order chi connectivity index (χ0) is 24.2. The van der Waals surface area contributed by atoms with Gasteiger partial charge in [0.1, 0.15) is 17.2 Å². The first kappa shape index (κ1) is 23.3. The van der Waals surface area contributed by atoms with E-state index in [2.05, 4.69) is 0 Å². The molecule has 0 fully saturated rings. The van der Waals surface area contributed by atoms with E-state index in [1.54, 1.807) is 20.3 Å². The Bertz CT molecular complexity index is 1300. The molecule has 0 saturated carbocycles. The van der Waals surface area contributed by atoms with Crippen molar-refractivity contribution in [1.82, 2.24) is 0 Å². The van der Waals surface area contributed by atoms with Crippen molar-refractivity contribution in [3.63, 3.8) is 0 Å². The first-order valence-electron chi connectivity index (χ1n) is 10.5. The minimum absolute atomic E-state index is 0.410. The van der Waals surface area contributed by atoms with E-state index in [0.29, 0.717) is 32.8 Å². The Morgan fingerprint density at radius 1 is 0.824 bits per heavy atom. The molecule has 174 valence electrons. The smallest absolute Gasteiger partial charge is 0.330 e. The molecule has 1 heterocycles. The summed E-state index contributed by atoms with van der Waals surface area (Å²) < 4.78 is 35.1. The van der Waals surface area contributed by atoms with Crippen molar-refractivity contribution in [2.45, 2.75) is 11.8 Å². The number of fused-ring (bicyclic) bond motifs is 1. The van der Waals surface area contributed by atoms with Crippen molar-refractivity contribution in [3.05, 3.63) is 89.5 Å². The van der Waals surface area contributed by atoms with Crippen molar-refractivity contribution >= 4 is 33.0 Å². The lowest BCUT2D eigenvalue weighted by molar-refractivity contribution is -0.134. The summed E-state index contributed by atoms with van der Waals surface area (Å²) in [5, 5.41) is 0. The first-order chi connectivity index (χ1) is 16.4. The van der Waals surface area contributed by atoms with Gasteiger partial charge in [-0.1, -0.05) is 12.1 Å². The monoisotopic (exact) mass is 476 g/mol. The molecule has 3 aromatic rings. The molecule has 34 heavy (non-hydrogen) atoms. The molecule has 0 saturated heterocycles. The molecule has 1 atom stereocenters. The highest BCUT2D eigenvalue weighted by Gasteiger charge is 2.32. The molecule has 3 aromatic carbocycles. The predicted octanol–water partition coefficient (Wildman–Crippen LogP) is 5.31. The molecule has 0 N–H and O–H groups in total. The van der Waals surface area contributed by atoms with Crippen LogP contribution in [0.3, 0.4) is 0 Å². The van der Waals surface area contributed by atoms with Gasteiger partial charge in [0, 0.05) is 11.6 Å². The van der Waals surface area contributed by atoms with E-state index in [4.69, 9.17) is 18.9 Å². The fraction of sp³-hybridized carbons (Fsp3) is 0.148. The summed E-state index contributed by atoms with van der Waals surface area (Å²) in [6, 6.07) is 20.2. The van der Waals surface area contributed by atoms with Crippen LogP contribution in [0, 0.1) is 0 Å². The maximum absolute atomic E-state index is 13.5. The molecule has 0 aliphatic carbocycles. The van der Waals surface area contributed by atoms with Gasteiger partial charge in [-0.05, 0) is 78.2 Å². The molecule has 0 spiro atoms. The molecule has 1 aliphatic heterocycles. The molecule has 1 aliphatic rings. The number of esters is 1. The highest BCUT2D eigenvalue weighted by Crippen LogP contribution is 2.44. The van der Waals surface area contributed by atoms with Crippen molar-refractivity contribution in [2.24, 2.45) is 0 Å². The number of carbonyl (C=O) groups excluding carboxylic acids is 1. The summed E-state index contributed by atoms with van der Waals surface area (Å²) in [6.07, 6.45) is 1.43. The lowest BCUT2D eigenvalue weighted by atomic mass is 10.1. The number of hydrogen-bond donors (Lipinski definition) is 0. The van der Waals surface area contributed by atoms with Crippen LogP contribution < -0.4 is 14.2 Å². The van der Waals surface area contributed by atoms with Crippen molar-refractivity contribution in [2.75, 3.05) is 21.3 Å². The van der Waals surface area contributed by atoms with Crippen LogP contribution in [0.2, 0.25) is 0 Å². The van der Waals surface area contributed by atoms with E-state index >= 15 is 0 Å². The van der Waals surface area contributed by atoms with Crippen LogP contribution in [0.15, 0.2) is 77.7 Å². The number of ether oxygens (including phenoxy) is 4. The minimum Gasteiger partial charge on any atom is -0.497 e.